The molecule has 2 aliphatic heterocycles. The molecule has 2 saturated heterocycles. The minimum atomic E-state index is -0.945. The molecular weight excluding hydrogens is 302 g/mol. The van der Waals surface area contributed by atoms with E-state index in [4.69, 9.17) is 14.9 Å². The van der Waals surface area contributed by atoms with E-state index in [1.54, 1.807) is 4.90 Å². The van der Waals surface area contributed by atoms with Gasteiger partial charge in [-0.3, -0.25) is 14.4 Å². The summed E-state index contributed by atoms with van der Waals surface area (Å²) in [5, 5.41) is 18.0. The molecule has 4 atom stereocenters. The first-order valence-electron chi connectivity index (χ1n) is 8.29. The largest absolute Gasteiger partial charge is 0.481 e. The zero-order valence-electron chi connectivity index (χ0n) is 13.0. The number of nitrogens with zero attached hydrogens (tertiary/aromatic N) is 1. The maximum absolute atomic E-state index is 12.8. The van der Waals surface area contributed by atoms with Crippen molar-refractivity contribution in [3.8, 4) is 0 Å². The first-order chi connectivity index (χ1) is 11.0. The van der Waals surface area contributed by atoms with Gasteiger partial charge in [-0.05, 0) is 37.0 Å². The molecule has 0 aromatic heterocycles. The van der Waals surface area contributed by atoms with Gasteiger partial charge in [0.15, 0.2) is 0 Å². The molecule has 0 aromatic rings. The number of hydrogen-bond acceptors (Lipinski definition) is 4. The van der Waals surface area contributed by atoms with Crippen LogP contribution in [-0.2, 0) is 19.1 Å². The minimum absolute atomic E-state index is 0.000975. The lowest BCUT2D eigenvalue weighted by Gasteiger charge is -2.24. The number of carbonyl (C=O) groups excluding carboxylic acids is 1. The van der Waals surface area contributed by atoms with Crippen LogP contribution in [0.4, 0.5) is 0 Å². The molecule has 3 aliphatic rings. The van der Waals surface area contributed by atoms with Crippen molar-refractivity contribution in [2.24, 2.45) is 23.7 Å². The molecular formula is C16H23NO6. The molecule has 23 heavy (non-hydrogen) atoms. The summed E-state index contributed by atoms with van der Waals surface area (Å²) in [6.45, 7) is 1.29. The van der Waals surface area contributed by atoms with Crippen molar-refractivity contribution in [3.63, 3.8) is 0 Å². The van der Waals surface area contributed by atoms with Gasteiger partial charge in [-0.15, -0.1) is 0 Å². The van der Waals surface area contributed by atoms with E-state index in [1.807, 2.05) is 0 Å². The van der Waals surface area contributed by atoms with Crippen LogP contribution in [0.2, 0.25) is 0 Å². The monoisotopic (exact) mass is 325 g/mol. The van der Waals surface area contributed by atoms with Crippen LogP contribution in [0.25, 0.3) is 0 Å². The number of carboxylic acid groups (broad SMARTS) is 2. The number of rotatable bonds is 6. The standard InChI is InChI=1S/C16H23NO6/c18-13(19)5-10-7-17(8-11(10)6-14(20)21)16(22)12-3-4-23-15(12)9-1-2-9/h9-12,15H,1-8H2,(H,18,19)(H,20,21)/t10-,11-,12-,15+/m1/s1. The van der Waals surface area contributed by atoms with E-state index in [-0.39, 0.29) is 42.6 Å². The van der Waals surface area contributed by atoms with Gasteiger partial charge in [0.05, 0.1) is 24.9 Å². The lowest BCUT2D eigenvalue weighted by Crippen LogP contribution is -2.39. The number of ether oxygens (including phenoxy) is 1. The SMILES string of the molecule is O=C(O)C[C@@H]1CN(C(=O)[C@@H]2CCO[C@H]2C2CC2)C[C@H]1CC(=O)O. The Morgan fingerprint density at radius 1 is 0.957 bits per heavy atom. The smallest absolute Gasteiger partial charge is 0.303 e. The summed E-state index contributed by atoms with van der Waals surface area (Å²) >= 11 is 0. The molecule has 1 amide bonds. The number of carboxylic acids is 2. The van der Waals surface area contributed by atoms with Crippen LogP contribution in [0.5, 0.6) is 0 Å². The Balaban J connectivity index is 1.66. The molecule has 2 N–H and O–H groups in total. The van der Waals surface area contributed by atoms with Gasteiger partial charge in [-0.1, -0.05) is 0 Å². The van der Waals surface area contributed by atoms with E-state index in [0.717, 1.165) is 12.8 Å². The highest BCUT2D eigenvalue weighted by atomic mass is 16.5. The van der Waals surface area contributed by atoms with Crippen molar-refractivity contribution in [2.45, 2.75) is 38.2 Å². The topological polar surface area (TPSA) is 104 Å². The zero-order valence-corrected chi connectivity index (χ0v) is 13.0. The van der Waals surface area contributed by atoms with Crippen LogP contribution in [0.15, 0.2) is 0 Å². The van der Waals surface area contributed by atoms with Crippen LogP contribution in [-0.4, -0.2) is 58.8 Å². The fourth-order valence-electron chi connectivity index (χ4n) is 4.03. The summed E-state index contributed by atoms with van der Waals surface area (Å²) in [7, 11) is 0. The Morgan fingerprint density at radius 3 is 2.00 bits per heavy atom. The molecule has 0 spiro atoms. The summed E-state index contributed by atoms with van der Waals surface area (Å²) < 4.78 is 5.72. The second-order valence-corrected chi connectivity index (χ2v) is 7.03. The van der Waals surface area contributed by atoms with Crippen molar-refractivity contribution < 1.29 is 29.3 Å². The van der Waals surface area contributed by atoms with Crippen molar-refractivity contribution in [2.75, 3.05) is 19.7 Å². The maximum Gasteiger partial charge on any atom is 0.303 e. The number of carbonyl (C=O) groups is 3. The second kappa shape index (κ2) is 6.47. The summed E-state index contributed by atoms with van der Waals surface area (Å²) in [4.78, 5) is 36.5. The first-order valence-corrected chi connectivity index (χ1v) is 8.29. The molecule has 7 nitrogen and oxygen atoms in total. The van der Waals surface area contributed by atoms with E-state index in [9.17, 15) is 14.4 Å². The Hall–Kier alpha value is -1.63. The molecule has 1 aliphatic carbocycles. The van der Waals surface area contributed by atoms with Crippen LogP contribution in [0.3, 0.4) is 0 Å². The van der Waals surface area contributed by atoms with Crippen molar-refractivity contribution in [3.05, 3.63) is 0 Å². The summed E-state index contributed by atoms with van der Waals surface area (Å²) in [5.41, 5.74) is 0. The molecule has 2 heterocycles. The Labute approximate surface area is 134 Å². The molecule has 0 unspecified atom stereocenters. The molecule has 0 aromatic carbocycles. The predicted octanol–water partition coefficient (Wildman–Crippen LogP) is 0.826. The Morgan fingerprint density at radius 2 is 1.52 bits per heavy atom. The highest BCUT2D eigenvalue weighted by molar-refractivity contribution is 5.80. The Kier molecular flexibility index (Phi) is 4.57. The van der Waals surface area contributed by atoms with Gasteiger partial charge >= 0.3 is 11.9 Å². The molecule has 3 rings (SSSR count). The highest BCUT2D eigenvalue weighted by Crippen LogP contribution is 2.42. The fourth-order valence-corrected chi connectivity index (χ4v) is 4.03. The average Bonchev–Trinajstić information content (AvgIpc) is 3.07. The third-order valence-corrected chi connectivity index (χ3v) is 5.30. The zero-order chi connectivity index (χ0) is 16.6. The van der Waals surface area contributed by atoms with Gasteiger partial charge in [-0.25, -0.2) is 0 Å². The molecule has 0 bridgehead atoms. The second-order valence-electron chi connectivity index (χ2n) is 7.03. The quantitative estimate of drug-likeness (QED) is 0.749. The summed E-state index contributed by atoms with van der Waals surface area (Å²) in [6.07, 6.45) is 2.75. The van der Waals surface area contributed by atoms with Gasteiger partial charge in [0.25, 0.3) is 0 Å². The van der Waals surface area contributed by atoms with Crippen LogP contribution in [0, 0.1) is 23.7 Å². The van der Waals surface area contributed by atoms with Crippen molar-refractivity contribution >= 4 is 17.8 Å². The third kappa shape index (κ3) is 3.65. The highest BCUT2D eigenvalue weighted by Gasteiger charge is 2.47. The normalized spacial score (nSPS) is 33.8. The van der Waals surface area contributed by atoms with Crippen LogP contribution in [0.1, 0.15) is 32.1 Å². The van der Waals surface area contributed by atoms with Gasteiger partial charge < -0.3 is 19.8 Å². The third-order valence-electron chi connectivity index (χ3n) is 5.30. The van der Waals surface area contributed by atoms with E-state index in [1.165, 1.54) is 0 Å². The van der Waals surface area contributed by atoms with Crippen molar-refractivity contribution in [1.82, 2.24) is 4.90 Å². The molecule has 0 radical (unpaired) electrons. The maximum atomic E-state index is 12.8. The number of aliphatic carboxylic acids is 2. The van der Waals surface area contributed by atoms with Crippen LogP contribution < -0.4 is 0 Å². The summed E-state index contributed by atoms with van der Waals surface area (Å²) in [5.74, 6) is -2.10. The Bertz CT molecular complexity index is 479. The minimum Gasteiger partial charge on any atom is -0.481 e. The van der Waals surface area contributed by atoms with Gasteiger partial charge in [0.1, 0.15) is 0 Å². The first kappa shape index (κ1) is 16.2. The number of amides is 1. The van der Waals surface area contributed by atoms with Crippen LogP contribution >= 0.6 is 0 Å². The molecule has 1 saturated carbocycles. The fraction of sp³-hybridized carbons (Fsp3) is 0.812. The number of hydrogen-bond donors (Lipinski definition) is 2. The lowest BCUT2D eigenvalue weighted by molar-refractivity contribution is -0.141. The van der Waals surface area contributed by atoms with E-state index >= 15 is 0 Å². The molecule has 128 valence electrons. The van der Waals surface area contributed by atoms with E-state index in [2.05, 4.69) is 0 Å². The van der Waals surface area contributed by atoms with E-state index in [0.29, 0.717) is 32.0 Å². The van der Waals surface area contributed by atoms with Gasteiger partial charge in [0.2, 0.25) is 5.91 Å². The van der Waals surface area contributed by atoms with Gasteiger partial charge in [-0.2, -0.15) is 0 Å². The molecule has 7 heteroatoms. The summed E-state index contributed by atoms with van der Waals surface area (Å²) in [6, 6.07) is 0. The lowest BCUT2D eigenvalue weighted by atomic mass is 9.90. The van der Waals surface area contributed by atoms with Gasteiger partial charge in [0, 0.05) is 19.7 Å². The number of likely N-dealkylation sites (tertiary alicyclic amines) is 1. The van der Waals surface area contributed by atoms with E-state index < -0.39 is 11.9 Å². The van der Waals surface area contributed by atoms with Crippen molar-refractivity contribution in [1.29, 1.82) is 0 Å². The molecule has 3 fully saturated rings. The predicted molar refractivity (Wildman–Crippen MR) is 78.6 cm³/mol. The average molecular weight is 325 g/mol.